The molecule has 1 unspecified atom stereocenters. The number of nitrogens with zero attached hydrogens (tertiary/aromatic N) is 2. The molecule has 2 aliphatic heterocycles. The first-order chi connectivity index (χ1) is 10.2. The van der Waals surface area contributed by atoms with E-state index >= 15 is 0 Å². The molecule has 2 saturated heterocycles. The summed E-state index contributed by atoms with van der Waals surface area (Å²) in [5.74, 6) is 0.744. The zero-order valence-corrected chi connectivity index (χ0v) is 12.9. The van der Waals surface area contributed by atoms with Crippen molar-refractivity contribution in [3.8, 4) is 0 Å². The number of hydrogen-bond acceptors (Lipinski definition) is 4. The van der Waals surface area contributed by atoms with E-state index in [1.54, 1.807) is 10.6 Å². The molecule has 0 aliphatic carbocycles. The van der Waals surface area contributed by atoms with Crippen LogP contribution in [0.2, 0.25) is 0 Å². The molecule has 0 bridgehead atoms. The Morgan fingerprint density at radius 2 is 1.90 bits per heavy atom. The van der Waals surface area contributed by atoms with Crippen molar-refractivity contribution >= 4 is 10.2 Å². The minimum atomic E-state index is -3.46. The van der Waals surface area contributed by atoms with Crippen molar-refractivity contribution in [2.75, 3.05) is 32.8 Å². The number of morpholine rings is 1. The lowest BCUT2D eigenvalue weighted by atomic mass is 10.1. The molecule has 21 heavy (non-hydrogen) atoms. The summed E-state index contributed by atoms with van der Waals surface area (Å²) >= 11 is 0. The molecule has 2 fully saturated rings. The highest BCUT2D eigenvalue weighted by atomic mass is 32.2. The summed E-state index contributed by atoms with van der Waals surface area (Å²) in [6.07, 6.45) is 5.42. The van der Waals surface area contributed by atoms with E-state index in [4.69, 9.17) is 9.15 Å². The fourth-order valence-electron chi connectivity index (χ4n) is 3.05. The van der Waals surface area contributed by atoms with Gasteiger partial charge < -0.3 is 9.15 Å². The number of furan rings is 1. The van der Waals surface area contributed by atoms with Gasteiger partial charge in [-0.1, -0.05) is 12.8 Å². The van der Waals surface area contributed by atoms with E-state index in [2.05, 4.69) is 0 Å². The Bertz CT molecular complexity index is 537. The Morgan fingerprint density at radius 1 is 1.10 bits per heavy atom. The van der Waals surface area contributed by atoms with Crippen molar-refractivity contribution in [2.24, 2.45) is 0 Å². The molecular weight excluding hydrogens is 292 g/mol. The number of hydrogen-bond donors (Lipinski definition) is 0. The topological polar surface area (TPSA) is 63.0 Å². The van der Waals surface area contributed by atoms with Crippen molar-refractivity contribution in [3.05, 3.63) is 24.2 Å². The Balaban J connectivity index is 1.88. The maximum absolute atomic E-state index is 13.0. The van der Waals surface area contributed by atoms with Crippen LogP contribution in [0.3, 0.4) is 0 Å². The molecule has 1 aromatic rings. The summed E-state index contributed by atoms with van der Waals surface area (Å²) < 4.78 is 39.8. The fraction of sp³-hybridized carbons (Fsp3) is 0.714. The molecule has 6 nitrogen and oxygen atoms in total. The molecule has 1 aromatic heterocycles. The molecule has 0 radical (unpaired) electrons. The lowest BCUT2D eigenvalue weighted by molar-refractivity contribution is 0.0689. The molecule has 3 heterocycles. The van der Waals surface area contributed by atoms with Gasteiger partial charge in [-0.25, -0.2) is 0 Å². The van der Waals surface area contributed by atoms with E-state index in [1.165, 1.54) is 4.31 Å². The van der Waals surface area contributed by atoms with Crippen LogP contribution >= 0.6 is 0 Å². The molecule has 3 rings (SSSR count). The molecule has 0 N–H and O–H groups in total. The van der Waals surface area contributed by atoms with Crippen LogP contribution < -0.4 is 0 Å². The Hall–Kier alpha value is -0.890. The van der Waals surface area contributed by atoms with Crippen molar-refractivity contribution in [1.29, 1.82) is 0 Å². The minimum absolute atomic E-state index is 0.185. The lowest BCUT2D eigenvalue weighted by Crippen LogP contribution is -2.49. The average Bonchev–Trinajstić information content (AvgIpc) is 2.92. The summed E-state index contributed by atoms with van der Waals surface area (Å²) in [5.41, 5.74) is 0. The van der Waals surface area contributed by atoms with Crippen LogP contribution in [0.1, 0.15) is 37.5 Å². The summed E-state index contributed by atoms with van der Waals surface area (Å²) in [6, 6.07) is 3.51. The zero-order chi connectivity index (χ0) is 14.7. The lowest BCUT2D eigenvalue weighted by Gasteiger charge is -2.34. The molecule has 1 atom stereocenters. The Labute approximate surface area is 125 Å². The summed E-state index contributed by atoms with van der Waals surface area (Å²) in [6.45, 7) is 2.37. The van der Waals surface area contributed by atoms with Crippen LogP contribution in [0.15, 0.2) is 22.8 Å². The molecule has 7 heteroatoms. The fourth-order valence-corrected chi connectivity index (χ4v) is 4.85. The summed E-state index contributed by atoms with van der Waals surface area (Å²) in [5, 5.41) is 0. The van der Waals surface area contributed by atoms with E-state index < -0.39 is 10.2 Å². The van der Waals surface area contributed by atoms with Gasteiger partial charge in [0.15, 0.2) is 0 Å². The highest BCUT2D eigenvalue weighted by Crippen LogP contribution is 2.33. The van der Waals surface area contributed by atoms with Gasteiger partial charge in [-0.2, -0.15) is 17.0 Å². The second kappa shape index (κ2) is 6.48. The Morgan fingerprint density at radius 3 is 2.62 bits per heavy atom. The van der Waals surface area contributed by atoms with Crippen LogP contribution in [-0.2, 0) is 14.9 Å². The van der Waals surface area contributed by atoms with E-state index in [0.717, 1.165) is 31.4 Å². The first kappa shape index (κ1) is 15.0. The van der Waals surface area contributed by atoms with E-state index in [9.17, 15) is 8.42 Å². The maximum atomic E-state index is 13.0. The second-order valence-corrected chi connectivity index (χ2v) is 7.39. The molecule has 118 valence electrons. The number of ether oxygens (including phenoxy) is 1. The van der Waals surface area contributed by atoms with Gasteiger partial charge in [0.1, 0.15) is 5.76 Å². The third-order valence-corrected chi connectivity index (χ3v) is 6.22. The van der Waals surface area contributed by atoms with Gasteiger partial charge in [-0.3, -0.25) is 0 Å². The number of rotatable bonds is 3. The highest BCUT2D eigenvalue weighted by Gasteiger charge is 2.38. The van der Waals surface area contributed by atoms with Gasteiger partial charge in [-0.15, -0.1) is 0 Å². The third-order valence-electron chi connectivity index (χ3n) is 4.17. The smallest absolute Gasteiger partial charge is 0.282 e. The van der Waals surface area contributed by atoms with Gasteiger partial charge >= 0.3 is 0 Å². The van der Waals surface area contributed by atoms with Crippen LogP contribution in [-0.4, -0.2) is 49.9 Å². The van der Waals surface area contributed by atoms with Crippen molar-refractivity contribution in [1.82, 2.24) is 8.61 Å². The average molecular weight is 314 g/mol. The largest absolute Gasteiger partial charge is 0.468 e. The molecular formula is C14H22N2O4S. The van der Waals surface area contributed by atoms with Crippen molar-refractivity contribution in [2.45, 2.75) is 31.7 Å². The predicted molar refractivity (Wildman–Crippen MR) is 77.9 cm³/mol. The standard InChI is InChI=1S/C14H22N2O4S/c17-21(18,15-8-11-19-12-9-15)16-7-3-1-2-5-13(16)14-6-4-10-20-14/h4,6,10,13H,1-3,5,7-9,11-12H2. The van der Waals surface area contributed by atoms with Gasteiger partial charge in [0.25, 0.3) is 10.2 Å². The van der Waals surface area contributed by atoms with Crippen LogP contribution in [0.4, 0.5) is 0 Å². The third kappa shape index (κ3) is 3.15. The molecule has 0 saturated carbocycles. The second-order valence-electron chi connectivity index (χ2n) is 5.51. The zero-order valence-electron chi connectivity index (χ0n) is 12.1. The van der Waals surface area contributed by atoms with Gasteiger partial charge in [0.05, 0.1) is 25.5 Å². The SMILES string of the molecule is O=S(=O)(N1CCOCC1)N1CCCCCC1c1ccco1. The quantitative estimate of drug-likeness (QED) is 0.853. The molecule has 2 aliphatic rings. The van der Waals surface area contributed by atoms with Gasteiger partial charge in [0, 0.05) is 19.6 Å². The summed E-state index contributed by atoms with van der Waals surface area (Å²) in [4.78, 5) is 0. The minimum Gasteiger partial charge on any atom is -0.468 e. The van der Waals surface area contributed by atoms with E-state index in [0.29, 0.717) is 32.8 Å². The Kier molecular flexibility index (Phi) is 4.63. The molecule has 0 aromatic carbocycles. The van der Waals surface area contributed by atoms with Gasteiger partial charge in [-0.05, 0) is 25.0 Å². The molecule has 0 amide bonds. The normalized spacial score (nSPS) is 26.6. The van der Waals surface area contributed by atoms with Crippen LogP contribution in [0.5, 0.6) is 0 Å². The molecule has 0 spiro atoms. The maximum Gasteiger partial charge on any atom is 0.282 e. The highest BCUT2D eigenvalue weighted by molar-refractivity contribution is 7.86. The van der Waals surface area contributed by atoms with Crippen molar-refractivity contribution in [3.63, 3.8) is 0 Å². The predicted octanol–water partition coefficient (Wildman–Crippen LogP) is 1.77. The van der Waals surface area contributed by atoms with Gasteiger partial charge in [0.2, 0.25) is 0 Å². The monoisotopic (exact) mass is 314 g/mol. The van der Waals surface area contributed by atoms with E-state index in [-0.39, 0.29) is 6.04 Å². The first-order valence-corrected chi connectivity index (χ1v) is 8.97. The van der Waals surface area contributed by atoms with Crippen LogP contribution in [0, 0.1) is 0 Å². The first-order valence-electron chi connectivity index (χ1n) is 7.57. The van der Waals surface area contributed by atoms with Crippen LogP contribution in [0.25, 0.3) is 0 Å². The summed E-state index contributed by atoms with van der Waals surface area (Å²) in [7, 11) is -3.46. The van der Waals surface area contributed by atoms with E-state index in [1.807, 2.05) is 12.1 Å². The van der Waals surface area contributed by atoms with Crippen molar-refractivity contribution < 1.29 is 17.6 Å².